The summed E-state index contributed by atoms with van der Waals surface area (Å²) in [6.07, 6.45) is 4.37. The van der Waals surface area contributed by atoms with Crippen LogP contribution in [0.5, 0.6) is 11.5 Å². The molecule has 0 aromatic heterocycles. The molecule has 0 aliphatic heterocycles. The number of ether oxygens (including phenoxy) is 1. The third kappa shape index (κ3) is 4.21. The van der Waals surface area contributed by atoms with E-state index in [2.05, 4.69) is 25.4 Å². The largest absolute Gasteiger partial charge is 0.504 e. The Morgan fingerprint density at radius 3 is 2.50 bits per heavy atom. The van der Waals surface area contributed by atoms with Gasteiger partial charge in [0.05, 0.1) is 7.11 Å². The van der Waals surface area contributed by atoms with E-state index in [0.29, 0.717) is 17.3 Å². The molecule has 3 nitrogen and oxygen atoms in total. The van der Waals surface area contributed by atoms with Crippen molar-refractivity contribution in [3.63, 3.8) is 0 Å². The first kappa shape index (κ1) is 17.5. The second-order valence-electron chi connectivity index (χ2n) is 4.81. The minimum Gasteiger partial charge on any atom is -0.504 e. The number of benzene rings is 1. The molecule has 0 atom stereocenters. The Kier molecular flexibility index (Phi) is 7.00. The third-order valence-electron chi connectivity index (χ3n) is 3.82. The summed E-state index contributed by atoms with van der Waals surface area (Å²) < 4.78 is 5.36. The molecule has 0 unspecified atom stereocenters. The first-order valence-electron chi connectivity index (χ1n) is 6.83. The average Bonchev–Trinajstić information content (AvgIpc) is 2.47. The van der Waals surface area contributed by atoms with Crippen molar-refractivity contribution in [2.75, 3.05) is 19.9 Å². The number of aromatic hydroxyl groups is 1. The number of phenols is 1. The molecule has 1 rings (SSSR count). The Labute approximate surface area is 131 Å². The van der Waals surface area contributed by atoms with Crippen molar-refractivity contribution in [1.82, 2.24) is 5.32 Å². The van der Waals surface area contributed by atoms with Crippen molar-refractivity contribution in [3.05, 3.63) is 22.7 Å². The van der Waals surface area contributed by atoms with Gasteiger partial charge in [-0.15, -0.1) is 0 Å². The zero-order valence-electron chi connectivity index (χ0n) is 12.6. The van der Waals surface area contributed by atoms with E-state index in [4.69, 9.17) is 16.3 Å². The number of hydrogen-bond donors (Lipinski definition) is 2. The van der Waals surface area contributed by atoms with Crippen LogP contribution in [-0.2, 0) is 6.54 Å². The molecule has 0 radical (unpaired) electrons. The normalized spacial score (nSPS) is 11.7. The summed E-state index contributed by atoms with van der Waals surface area (Å²) in [5, 5.41) is 14.1. The number of hydrogen-bond acceptors (Lipinski definition) is 4. The standard InChI is InChI=1S/C15H24ClNO2S/c1-5-15(6-2,20-4)10-17-9-11-7-12(16)8-13(19-3)14(11)18/h7-8,17-18H,5-6,9-10H2,1-4H3. The summed E-state index contributed by atoms with van der Waals surface area (Å²) in [5.41, 5.74) is 0.761. The zero-order chi connectivity index (χ0) is 15.2. The molecule has 0 saturated carbocycles. The molecule has 114 valence electrons. The number of halogens is 1. The summed E-state index contributed by atoms with van der Waals surface area (Å²) in [7, 11) is 1.52. The van der Waals surface area contributed by atoms with Crippen LogP contribution in [0.3, 0.4) is 0 Å². The Morgan fingerprint density at radius 2 is 2.00 bits per heavy atom. The molecular formula is C15H24ClNO2S. The second kappa shape index (κ2) is 8.01. The summed E-state index contributed by atoms with van der Waals surface area (Å²) in [6, 6.07) is 3.38. The number of rotatable bonds is 8. The molecule has 0 spiro atoms. The Hall–Kier alpha value is -0.580. The van der Waals surface area contributed by atoms with Gasteiger partial charge >= 0.3 is 0 Å². The van der Waals surface area contributed by atoms with E-state index in [1.807, 2.05) is 11.8 Å². The van der Waals surface area contributed by atoms with Crippen LogP contribution in [0.25, 0.3) is 0 Å². The predicted octanol–water partition coefficient (Wildman–Crippen LogP) is 4.07. The molecule has 1 aromatic carbocycles. The minimum atomic E-state index is 0.159. The number of thioether (sulfide) groups is 1. The van der Waals surface area contributed by atoms with Gasteiger partial charge in [0.25, 0.3) is 0 Å². The van der Waals surface area contributed by atoms with Crippen LogP contribution >= 0.6 is 23.4 Å². The van der Waals surface area contributed by atoms with Gasteiger partial charge in [0.15, 0.2) is 11.5 Å². The van der Waals surface area contributed by atoms with Gasteiger partial charge in [-0.25, -0.2) is 0 Å². The van der Waals surface area contributed by atoms with Gasteiger partial charge in [0.2, 0.25) is 0 Å². The van der Waals surface area contributed by atoms with Crippen LogP contribution in [-0.4, -0.2) is 29.8 Å². The molecule has 0 amide bonds. The van der Waals surface area contributed by atoms with E-state index in [1.165, 1.54) is 7.11 Å². The molecular weight excluding hydrogens is 294 g/mol. The smallest absolute Gasteiger partial charge is 0.162 e. The van der Waals surface area contributed by atoms with Crippen LogP contribution < -0.4 is 10.1 Å². The maximum Gasteiger partial charge on any atom is 0.162 e. The van der Waals surface area contributed by atoms with Crippen LogP contribution in [0.15, 0.2) is 12.1 Å². The van der Waals surface area contributed by atoms with Crippen molar-refractivity contribution in [2.24, 2.45) is 0 Å². The van der Waals surface area contributed by atoms with Gasteiger partial charge in [-0.2, -0.15) is 11.8 Å². The fraction of sp³-hybridized carbons (Fsp3) is 0.600. The highest BCUT2D eigenvalue weighted by Crippen LogP contribution is 2.34. The average molecular weight is 318 g/mol. The fourth-order valence-corrected chi connectivity index (χ4v) is 3.26. The SMILES string of the molecule is CCC(CC)(CNCc1cc(Cl)cc(OC)c1O)SC. The molecule has 0 aliphatic carbocycles. The highest BCUT2D eigenvalue weighted by Gasteiger charge is 2.24. The van der Waals surface area contributed by atoms with Crippen LogP contribution in [0.2, 0.25) is 5.02 Å². The Balaban J connectivity index is 2.73. The molecule has 2 N–H and O–H groups in total. The molecule has 20 heavy (non-hydrogen) atoms. The number of phenolic OH excluding ortho intramolecular Hbond substituents is 1. The lowest BCUT2D eigenvalue weighted by Crippen LogP contribution is -2.36. The van der Waals surface area contributed by atoms with Crippen molar-refractivity contribution in [1.29, 1.82) is 0 Å². The summed E-state index contributed by atoms with van der Waals surface area (Å²) in [5.74, 6) is 0.573. The maximum absolute atomic E-state index is 10.1. The lowest BCUT2D eigenvalue weighted by molar-refractivity contribution is 0.369. The second-order valence-corrected chi connectivity index (χ2v) is 6.52. The van der Waals surface area contributed by atoms with Gasteiger partial charge in [-0.3, -0.25) is 0 Å². The van der Waals surface area contributed by atoms with E-state index < -0.39 is 0 Å². The fourth-order valence-electron chi connectivity index (χ4n) is 2.20. The van der Waals surface area contributed by atoms with Gasteiger partial charge < -0.3 is 15.2 Å². The van der Waals surface area contributed by atoms with Gasteiger partial charge in [-0.1, -0.05) is 25.4 Å². The Morgan fingerprint density at radius 1 is 1.35 bits per heavy atom. The topological polar surface area (TPSA) is 41.5 Å². The van der Waals surface area contributed by atoms with Gasteiger partial charge in [0.1, 0.15) is 0 Å². The third-order valence-corrected chi connectivity index (χ3v) is 5.63. The van der Waals surface area contributed by atoms with Crippen molar-refractivity contribution < 1.29 is 9.84 Å². The van der Waals surface area contributed by atoms with E-state index >= 15 is 0 Å². The van der Waals surface area contributed by atoms with Crippen LogP contribution in [0.4, 0.5) is 0 Å². The first-order chi connectivity index (χ1) is 9.51. The van der Waals surface area contributed by atoms with E-state index in [0.717, 1.165) is 24.9 Å². The monoisotopic (exact) mass is 317 g/mol. The zero-order valence-corrected chi connectivity index (χ0v) is 14.2. The van der Waals surface area contributed by atoms with Crippen LogP contribution in [0.1, 0.15) is 32.3 Å². The molecule has 0 bridgehead atoms. The summed E-state index contributed by atoms with van der Waals surface area (Å²) >= 11 is 7.92. The van der Waals surface area contributed by atoms with Crippen molar-refractivity contribution in [2.45, 2.75) is 38.0 Å². The van der Waals surface area contributed by atoms with Crippen molar-refractivity contribution >= 4 is 23.4 Å². The number of methoxy groups -OCH3 is 1. The summed E-state index contributed by atoms with van der Waals surface area (Å²) in [6.45, 7) is 5.89. The van der Waals surface area contributed by atoms with E-state index in [1.54, 1.807) is 12.1 Å². The maximum atomic E-state index is 10.1. The minimum absolute atomic E-state index is 0.159. The molecule has 0 heterocycles. The highest BCUT2D eigenvalue weighted by molar-refractivity contribution is 8.00. The quantitative estimate of drug-likeness (QED) is 0.758. The summed E-state index contributed by atoms with van der Waals surface area (Å²) in [4.78, 5) is 0. The molecule has 1 aromatic rings. The van der Waals surface area contributed by atoms with Gasteiger partial charge in [0, 0.05) is 34.5 Å². The highest BCUT2D eigenvalue weighted by atomic mass is 35.5. The van der Waals surface area contributed by atoms with Gasteiger partial charge in [-0.05, 0) is 25.2 Å². The lowest BCUT2D eigenvalue weighted by Gasteiger charge is -2.30. The number of nitrogens with one attached hydrogen (secondary N) is 1. The van der Waals surface area contributed by atoms with E-state index in [9.17, 15) is 5.11 Å². The lowest BCUT2D eigenvalue weighted by atomic mass is 10.0. The first-order valence-corrected chi connectivity index (χ1v) is 8.43. The molecule has 0 saturated heterocycles. The molecule has 5 heteroatoms. The Bertz CT molecular complexity index is 428. The molecule has 0 fully saturated rings. The van der Waals surface area contributed by atoms with E-state index in [-0.39, 0.29) is 10.5 Å². The van der Waals surface area contributed by atoms with Crippen LogP contribution in [0, 0.1) is 0 Å². The molecule has 0 aliphatic rings. The predicted molar refractivity (Wildman–Crippen MR) is 88.2 cm³/mol. The van der Waals surface area contributed by atoms with Crippen molar-refractivity contribution in [3.8, 4) is 11.5 Å².